The maximum absolute atomic E-state index is 10.5. The highest BCUT2D eigenvalue weighted by molar-refractivity contribution is 5.65. The molecule has 1 rings (SSSR count). The number of methoxy groups -OCH3 is 2. The van der Waals surface area contributed by atoms with Gasteiger partial charge in [-0.3, -0.25) is 0 Å². The molecule has 5 heteroatoms. The first-order chi connectivity index (χ1) is 7.64. The maximum atomic E-state index is 10.5. The van der Waals surface area contributed by atoms with Crippen molar-refractivity contribution < 1.29 is 14.3 Å². The van der Waals surface area contributed by atoms with E-state index in [0.717, 1.165) is 0 Å². The standard InChI is InChI=1S/C11H16N2O3/c1-15-10-5-8(7-14)3-4-11(10,16-2)9(13)6-12/h3-5,9H,6,12-13H2,1-2H3/t9-,11-/m0/s1. The second-order valence-electron chi connectivity index (χ2n) is 3.44. The smallest absolute Gasteiger partial charge is 0.159 e. The lowest BCUT2D eigenvalue weighted by atomic mass is 9.86. The van der Waals surface area contributed by atoms with E-state index >= 15 is 0 Å². The van der Waals surface area contributed by atoms with Gasteiger partial charge in [0.15, 0.2) is 5.60 Å². The van der Waals surface area contributed by atoms with Crippen molar-refractivity contribution in [3.63, 3.8) is 0 Å². The van der Waals surface area contributed by atoms with Gasteiger partial charge in [-0.25, -0.2) is 4.79 Å². The molecule has 0 bridgehead atoms. The molecule has 4 N–H and O–H groups in total. The van der Waals surface area contributed by atoms with E-state index in [9.17, 15) is 4.79 Å². The Labute approximate surface area is 94.4 Å². The van der Waals surface area contributed by atoms with Gasteiger partial charge < -0.3 is 20.9 Å². The van der Waals surface area contributed by atoms with Gasteiger partial charge in [-0.15, -0.1) is 0 Å². The minimum absolute atomic E-state index is 0.235. The van der Waals surface area contributed by atoms with E-state index in [4.69, 9.17) is 20.9 Å². The summed E-state index contributed by atoms with van der Waals surface area (Å²) in [6.07, 6.45) is 4.81. The van der Waals surface area contributed by atoms with Gasteiger partial charge in [0.05, 0.1) is 18.7 Å². The fourth-order valence-corrected chi connectivity index (χ4v) is 1.68. The van der Waals surface area contributed by atoms with Gasteiger partial charge in [0.25, 0.3) is 0 Å². The number of rotatable bonds is 4. The molecule has 1 aliphatic rings. The minimum atomic E-state index is -0.913. The molecule has 16 heavy (non-hydrogen) atoms. The number of carbonyl (C=O) groups excluding carboxylic acids is 1. The molecule has 0 aromatic heterocycles. The molecule has 0 fully saturated rings. The first-order valence-electron chi connectivity index (χ1n) is 4.86. The summed E-state index contributed by atoms with van der Waals surface area (Å²) in [4.78, 5) is 10.5. The summed E-state index contributed by atoms with van der Waals surface area (Å²) in [5.74, 6) is 2.24. The molecule has 0 aromatic rings. The van der Waals surface area contributed by atoms with Crippen molar-refractivity contribution in [1.29, 1.82) is 0 Å². The molecular formula is C11H16N2O3. The Morgan fingerprint density at radius 1 is 1.56 bits per heavy atom. The molecule has 0 unspecified atom stereocenters. The SMILES string of the molecule is COC1=CC(=C=O)C=C[C@]1(OC)[C@@H](N)CN. The van der Waals surface area contributed by atoms with Crippen molar-refractivity contribution in [2.45, 2.75) is 11.6 Å². The summed E-state index contributed by atoms with van der Waals surface area (Å²) >= 11 is 0. The fourth-order valence-electron chi connectivity index (χ4n) is 1.68. The van der Waals surface area contributed by atoms with Crippen molar-refractivity contribution in [2.24, 2.45) is 11.5 Å². The molecule has 0 saturated heterocycles. The van der Waals surface area contributed by atoms with Crippen LogP contribution < -0.4 is 11.5 Å². The highest BCUT2D eigenvalue weighted by Gasteiger charge is 2.40. The summed E-state index contributed by atoms with van der Waals surface area (Å²) in [5, 5.41) is 0. The van der Waals surface area contributed by atoms with Crippen LogP contribution in [0.5, 0.6) is 0 Å². The normalized spacial score (nSPS) is 26.0. The molecule has 0 aliphatic heterocycles. The molecule has 0 spiro atoms. The molecule has 0 radical (unpaired) electrons. The van der Waals surface area contributed by atoms with E-state index < -0.39 is 11.6 Å². The van der Waals surface area contributed by atoms with Crippen molar-refractivity contribution in [3.8, 4) is 0 Å². The van der Waals surface area contributed by atoms with Gasteiger partial charge >= 0.3 is 0 Å². The zero-order valence-corrected chi connectivity index (χ0v) is 9.40. The minimum Gasteiger partial charge on any atom is -0.498 e. The zero-order valence-electron chi connectivity index (χ0n) is 9.40. The molecule has 88 valence electrons. The Balaban J connectivity index is 3.21. The van der Waals surface area contributed by atoms with Crippen LogP contribution in [0.1, 0.15) is 0 Å². The van der Waals surface area contributed by atoms with E-state index in [-0.39, 0.29) is 6.54 Å². The lowest BCUT2D eigenvalue weighted by Crippen LogP contribution is -2.54. The van der Waals surface area contributed by atoms with E-state index in [1.807, 2.05) is 0 Å². The topological polar surface area (TPSA) is 87.6 Å². The van der Waals surface area contributed by atoms with E-state index in [2.05, 4.69) is 0 Å². The van der Waals surface area contributed by atoms with E-state index in [1.165, 1.54) is 14.2 Å². The summed E-state index contributed by atoms with van der Waals surface area (Å²) in [6, 6.07) is -0.451. The quantitative estimate of drug-likeness (QED) is 0.629. The maximum Gasteiger partial charge on any atom is 0.159 e. The second kappa shape index (κ2) is 5.09. The third kappa shape index (κ3) is 1.94. The van der Waals surface area contributed by atoms with Crippen LogP contribution in [0.3, 0.4) is 0 Å². The first-order valence-corrected chi connectivity index (χ1v) is 4.86. The molecule has 1 aliphatic carbocycles. The van der Waals surface area contributed by atoms with Crippen LogP contribution in [-0.4, -0.2) is 38.3 Å². The van der Waals surface area contributed by atoms with Gasteiger partial charge in [-0.1, -0.05) is 0 Å². The third-order valence-corrected chi connectivity index (χ3v) is 2.66. The van der Waals surface area contributed by atoms with E-state index in [1.54, 1.807) is 24.2 Å². The van der Waals surface area contributed by atoms with Gasteiger partial charge in [0.1, 0.15) is 11.7 Å². The Hall–Kier alpha value is -1.39. The number of ether oxygens (including phenoxy) is 2. The summed E-state index contributed by atoms with van der Waals surface area (Å²) in [7, 11) is 3.01. The average Bonchev–Trinajstić information content (AvgIpc) is 2.36. The summed E-state index contributed by atoms with van der Waals surface area (Å²) < 4.78 is 10.6. The number of hydrogen-bond acceptors (Lipinski definition) is 5. The number of allylic oxidation sites excluding steroid dienone is 3. The zero-order chi connectivity index (χ0) is 12.2. The highest BCUT2D eigenvalue weighted by atomic mass is 16.5. The fraction of sp³-hybridized carbons (Fsp3) is 0.455. The molecule has 5 nitrogen and oxygen atoms in total. The number of nitrogens with two attached hydrogens (primary N) is 2. The molecule has 0 amide bonds. The molecule has 2 atom stereocenters. The van der Waals surface area contributed by atoms with Crippen LogP contribution in [-0.2, 0) is 14.3 Å². The molecule has 0 aromatic carbocycles. The Bertz CT molecular complexity index is 369. The Morgan fingerprint density at radius 2 is 2.25 bits per heavy atom. The van der Waals surface area contributed by atoms with Gasteiger partial charge in [-0.05, 0) is 18.2 Å². The van der Waals surface area contributed by atoms with Crippen LogP contribution in [0.4, 0.5) is 0 Å². The Morgan fingerprint density at radius 3 is 2.69 bits per heavy atom. The van der Waals surface area contributed by atoms with Crippen molar-refractivity contribution in [3.05, 3.63) is 29.6 Å². The van der Waals surface area contributed by atoms with Crippen LogP contribution in [0.2, 0.25) is 0 Å². The second-order valence-corrected chi connectivity index (χ2v) is 3.44. The van der Waals surface area contributed by atoms with Crippen LogP contribution in [0.15, 0.2) is 29.6 Å². The Kier molecular flexibility index (Phi) is 4.04. The van der Waals surface area contributed by atoms with Crippen molar-refractivity contribution >= 4 is 5.94 Å². The van der Waals surface area contributed by atoms with Crippen LogP contribution in [0.25, 0.3) is 0 Å². The van der Waals surface area contributed by atoms with Crippen LogP contribution >= 0.6 is 0 Å². The van der Waals surface area contributed by atoms with Gasteiger partial charge in [-0.2, -0.15) is 0 Å². The highest BCUT2D eigenvalue weighted by Crippen LogP contribution is 2.31. The predicted molar refractivity (Wildman–Crippen MR) is 60.2 cm³/mol. The van der Waals surface area contributed by atoms with Crippen LogP contribution in [0, 0.1) is 0 Å². The lowest BCUT2D eigenvalue weighted by Gasteiger charge is -2.37. The first kappa shape index (κ1) is 12.7. The third-order valence-electron chi connectivity index (χ3n) is 2.66. The van der Waals surface area contributed by atoms with Gasteiger partial charge in [0.2, 0.25) is 0 Å². The molecular weight excluding hydrogens is 208 g/mol. The van der Waals surface area contributed by atoms with Crippen molar-refractivity contribution in [1.82, 2.24) is 0 Å². The van der Waals surface area contributed by atoms with Gasteiger partial charge in [0, 0.05) is 13.7 Å². The number of hydrogen-bond donors (Lipinski definition) is 2. The molecule has 0 heterocycles. The summed E-state index contributed by atoms with van der Waals surface area (Å²) in [5.41, 5.74) is 10.9. The van der Waals surface area contributed by atoms with E-state index in [0.29, 0.717) is 11.3 Å². The largest absolute Gasteiger partial charge is 0.498 e. The average molecular weight is 224 g/mol. The summed E-state index contributed by atoms with van der Waals surface area (Å²) in [6.45, 7) is 0.235. The van der Waals surface area contributed by atoms with Crippen molar-refractivity contribution in [2.75, 3.05) is 20.8 Å². The molecule has 0 saturated carbocycles. The lowest BCUT2D eigenvalue weighted by molar-refractivity contribution is 0.000287. The monoisotopic (exact) mass is 224 g/mol. The predicted octanol–water partition coefficient (Wildman–Crippen LogP) is -0.484.